The largest absolute Gasteiger partial charge is 0.469 e. The molecule has 18 heavy (non-hydrogen) atoms. The van der Waals surface area contributed by atoms with Crippen molar-refractivity contribution < 1.29 is 23.5 Å². The molecule has 0 fully saturated rings. The van der Waals surface area contributed by atoms with E-state index in [1.807, 2.05) is 0 Å². The van der Waals surface area contributed by atoms with Gasteiger partial charge in [0.25, 0.3) is 11.7 Å². The molecule has 1 aromatic rings. The van der Waals surface area contributed by atoms with Crippen LogP contribution < -0.4 is 4.90 Å². The first kappa shape index (κ1) is 12.2. The number of halogens is 1. The molecule has 0 unspecified atom stereocenters. The molecule has 0 saturated heterocycles. The van der Waals surface area contributed by atoms with Crippen molar-refractivity contribution in [3.63, 3.8) is 0 Å². The number of nitrogens with zero attached hydrogens (tertiary/aromatic N) is 1. The lowest BCUT2D eigenvalue weighted by molar-refractivity contribution is -0.140. The van der Waals surface area contributed by atoms with Crippen LogP contribution in [0.4, 0.5) is 10.1 Å². The molecule has 6 heteroatoms. The van der Waals surface area contributed by atoms with Gasteiger partial charge < -0.3 is 9.64 Å². The van der Waals surface area contributed by atoms with E-state index in [4.69, 9.17) is 0 Å². The lowest BCUT2D eigenvalue weighted by Crippen LogP contribution is -2.32. The quantitative estimate of drug-likeness (QED) is 0.592. The summed E-state index contributed by atoms with van der Waals surface area (Å²) in [5.41, 5.74) is 0.361. The second kappa shape index (κ2) is 4.56. The monoisotopic (exact) mass is 251 g/mol. The number of benzene rings is 1. The van der Waals surface area contributed by atoms with E-state index in [-0.39, 0.29) is 24.2 Å². The third kappa shape index (κ3) is 1.97. The molecule has 1 aliphatic rings. The first-order chi connectivity index (χ1) is 8.54. The highest BCUT2D eigenvalue weighted by molar-refractivity contribution is 6.52. The Morgan fingerprint density at radius 3 is 2.78 bits per heavy atom. The Kier molecular flexibility index (Phi) is 3.10. The van der Waals surface area contributed by atoms with Crippen LogP contribution in [0, 0.1) is 5.82 Å². The van der Waals surface area contributed by atoms with Gasteiger partial charge in [0.05, 0.1) is 24.8 Å². The van der Waals surface area contributed by atoms with E-state index in [9.17, 15) is 18.8 Å². The highest BCUT2D eigenvalue weighted by Gasteiger charge is 2.35. The van der Waals surface area contributed by atoms with E-state index in [2.05, 4.69) is 4.74 Å². The summed E-state index contributed by atoms with van der Waals surface area (Å²) in [6.07, 6.45) is -0.0501. The summed E-state index contributed by atoms with van der Waals surface area (Å²) in [7, 11) is 1.23. The number of ether oxygens (including phenoxy) is 1. The van der Waals surface area contributed by atoms with Crippen LogP contribution >= 0.6 is 0 Å². The van der Waals surface area contributed by atoms with Crippen LogP contribution in [0.1, 0.15) is 16.8 Å². The zero-order valence-corrected chi connectivity index (χ0v) is 9.60. The lowest BCUT2D eigenvalue weighted by atomic mass is 10.1. The van der Waals surface area contributed by atoms with E-state index in [1.165, 1.54) is 13.2 Å². The van der Waals surface area contributed by atoms with Crippen LogP contribution in [0.25, 0.3) is 0 Å². The van der Waals surface area contributed by atoms with Gasteiger partial charge >= 0.3 is 5.97 Å². The van der Waals surface area contributed by atoms with E-state index in [0.717, 1.165) is 17.0 Å². The molecular formula is C12H10FNO4. The normalized spacial score (nSPS) is 13.8. The number of hydrogen-bond donors (Lipinski definition) is 0. The van der Waals surface area contributed by atoms with E-state index < -0.39 is 23.5 Å². The summed E-state index contributed by atoms with van der Waals surface area (Å²) in [6.45, 7) is -0.00625. The van der Waals surface area contributed by atoms with Crippen molar-refractivity contribution in [2.24, 2.45) is 0 Å². The van der Waals surface area contributed by atoms with Gasteiger partial charge in [0.2, 0.25) is 0 Å². The van der Waals surface area contributed by atoms with Crippen LogP contribution in [0.5, 0.6) is 0 Å². The zero-order valence-electron chi connectivity index (χ0n) is 9.60. The SMILES string of the molecule is COC(=O)CCN1C(=O)C(=O)c2ccc(F)cc21. The molecule has 1 heterocycles. The van der Waals surface area contributed by atoms with Gasteiger partial charge in [-0.15, -0.1) is 0 Å². The average molecular weight is 251 g/mol. The first-order valence-electron chi connectivity index (χ1n) is 5.27. The Balaban J connectivity index is 2.27. The molecule has 0 spiro atoms. The summed E-state index contributed by atoms with van der Waals surface area (Å²) in [6, 6.07) is 3.49. The van der Waals surface area contributed by atoms with Gasteiger partial charge in [-0.2, -0.15) is 0 Å². The Labute approximate surface area is 102 Å². The molecule has 0 bridgehead atoms. The number of anilines is 1. The number of fused-ring (bicyclic) bond motifs is 1. The van der Waals surface area contributed by atoms with E-state index in [1.54, 1.807) is 0 Å². The molecule has 0 aromatic heterocycles. The highest BCUT2D eigenvalue weighted by atomic mass is 19.1. The van der Waals surface area contributed by atoms with Gasteiger partial charge in [0.1, 0.15) is 5.82 Å². The second-order valence-corrected chi connectivity index (χ2v) is 3.77. The second-order valence-electron chi connectivity index (χ2n) is 3.77. The Hall–Kier alpha value is -2.24. The van der Waals surface area contributed by atoms with Crippen molar-refractivity contribution in [2.45, 2.75) is 6.42 Å². The fourth-order valence-corrected chi connectivity index (χ4v) is 1.79. The number of carbonyl (C=O) groups is 3. The first-order valence-corrected chi connectivity index (χ1v) is 5.27. The Morgan fingerprint density at radius 2 is 2.11 bits per heavy atom. The number of carbonyl (C=O) groups excluding carboxylic acids is 3. The number of amides is 1. The van der Waals surface area contributed by atoms with Crippen molar-refractivity contribution in [3.8, 4) is 0 Å². The molecule has 1 amide bonds. The Morgan fingerprint density at radius 1 is 1.39 bits per heavy atom. The van der Waals surface area contributed by atoms with Gasteiger partial charge in [-0.05, 0) is 18.2 Å². The number of Topliss-reactive ketones (excluding diaryl/α,β-unsaturated/α-hetero) is 1. The van der Waals surface area contributed by atoms with Crippen molar-refractivity contribution in [1.29, 1.82) is 0 Å². The number of esters is 1. The lowest BCUT2D eigenvalue weighted by Gasteiger charge is -2.15. The number of hydrogen-bond acceptors (Lipinski definition) is 4. The van der Waals surface area contributed by atoms with Crippen LogP contribution in [0.3, 0.4) is 0 Å². The van der Waals surface area contributed by atoms with Crippen molar-refractivity contribution >= 4 is 23.3 Å². The highest BCUT2D eigenvalue weighted by Crippen LogP contribution is 2.29. The maximum Gasteiger partial charge on any atom is 0.307 e. The molecule has 94 valence electrons. The molecule has 5 nitrogen and oxygen atoms in total. The van der Waals surface area contributed by atoms with Crippen molar-refractivity contribution in [3.05, 3.63) is 29.6 Å². The molecule has 0 atom stereocenters. The Bertz CT molecular complexity index is 541. The van der Waals surface area contributed by atoms with Crippen LogP contribution in [0.2, 0.25) is 0 Å². The standard InChI is InChI=1S/C12H10FNO4/c1-18-10(15)4-5-14-9-6-7(13)2-3-8(9)11(16)12(14)17/h2-3,6H,4-5H2,1H3. The minimum atomic E-state index is -0.750. The summed E-state index contributed by atoms with van der Waals surface area (Å²) in [4.78, 5) is 35.4. The number of methoxy groups -OCH3 is 1. The molecule has 1 aromatic carbocycles. The molecular weight excluding hydrogens is 241 g/mol. The fraction of sp³-hybridized carbons (Fsp3) is 0.250. The minimum absolute atomic E-state index is 0.00625. The van der Waals surface area contributed by atoms with Gasteiger partial charge in [0, 0.05) is 6.54 Å². The molecule has 0 aliphatic carbocycles. The third-order valence-corrected chi connectivity index (χ3v) is 2.70. The predicted molar refractivity (Wildman–Crippen MR) is 59.7 cm³/mol. The average Bonchev–Trinajstić information content (AvgIpc) is 2.59. The van der Waals surface area contributed by atoms with Gasteiger partial charge in [0.15, 0.2) is 0 Å². The van der Waals surface area contributed by atoms with Gasteiger partial charge in [-0.25, -0.2) is 4.39 Å². The topological polar surface area (TPSA) is 63.7 Å². The third-order valence-electron chi connectivity index (χ3n) is 2.70. The maximum atomic E-state index is 13.1. The number of rotatable bonds is 3. The molecule has 0 radical (unpaired) electrons. The molecule has 2 rings (SSSR count). The van der Waals surface area contributed by atoms with Gasteiger partial charge in [-0.1, -0.05) is 0 Å². The molecule has 1 aliphatic heterocycles. The van der Waals surface area contributed by atoms with Crippen molar-refractivity contribution in [1.82, 2.24) is 0 Å². The molecule has 0 N–H and O–H groups in total. The van der Waals surface area contributed by atoms with Crippen LogP contribution in [0.15, 0.2) is 18.2 Å². The predicted octanol–water partition coefficient (Wildman–Crippen LogP) is 0.918. The minimum Gasteiger partial charge on any atom is -0.469 e. The summed E-state index contributed by atoms with van der Waals surface area (Å²) < 4.78 is 17.6. The maximum absolute atomic E-state index is 13.1. The van der Waals surface area contributed by atoms with Gasteiger partial charge in [-0.3, -0.25) is 14.4 Å². The summed E-state index contributed by atoms with van der Waals surface area (Å²) >= 11 is 0. The van der Waals surface area contributed by atoms with E-state index in [0.29, 0.717) is 0 Å². The smallest absolute Gasteiger partial charge is 0.307 e. The fourth-order valence-electron chi connectivity index (χ4n) is 1.79. The summed E-state index contributed by atoms with van der Waals surface area (Å²) in [5, 5.41) is 0. The van der Waals surface area contributed by atoms with Crippen molar-refractivity contribution in [2.75, 3.05) is 18.6 Å². The van der Waals surface area contributed by atoms with E-state index >= 15 is 0 Å². The van der Waals surface area contributed by atoms with Crippen LogP contribution in [-0.4, -0.2) is 31.3 Å². The van der Waals surface area contributed by atoms with Crippen LogP contribution in [-0.2, 0) is 14.3 Å². The zero-order chi connectivity index (χ0) is 13.3. The number of ketones is 1. The summed E-state index contributed by atoms with van der Waals surface area (Å²) in [5.74, 6) is -2.48. The molecule has 0 saturated carbocycles.